The zero-order valence-electron chi connectivity index (χ0n) is 13.3. The number of amides is 2. The number of anilines is 1. The molecule has 2 bridgehead atoms. The fourth-order valence-corrected chi connectivity index (χ4v) is 4.18. The molecular weight excluding hydrogens is 290 g/mol. The minimum absolute atomic E-state index is 0.0310. The van der Waals surface area contributed by atoms with E-state index in [-0.39, 0.29) is 35.5 Å². The first-order valence-corrected chi connectivity index (χ1v) is 8.49. The number of nitrogens with zero attached hydrogens (tertiary/aromatic N) is 1. The lowest BCUT2D eigenvalue weighted by molar-refractivity contribution is -0.123. The summed E-state index contributed by atoms with van der Waals surface area (Å²) >= 11 is 0. The number of benzene rings is 1. The number of allylic oxidation sites excluding steroid dienone is 2. The summed E-state index contributed by atoms with van der Waals surface area (Å²) < 4.78 is 5.64. The number of unbranched alkanes of at least 4 members (excludes halogenated alkanes) is 1. The van der Waals surface area contributed by atoms with E-state index >= 15 is 0 Å². The van der Waals surface area contributed by atoms with Gasteiger partial charge in [-0.1, -0.05) is 25.5 Å². The van der Waals surface area contributed by atoms with Gasteiger partial charge in [0.25, 0.3) is 0 Å². The zero-order valence-corrected chi connectivity index (χ0v) is 13.3. The minimum Gasteiger partial charge on any atom is -0.494 e. The van der Waals surface area contributed by atoms with Crippen LogP contribution in [0.3, 0.4) is 0 Å². The van der Waals surface area contributed by atoms with Gasteiger partial charge < -0.3 is 4.74 Å². The topological polar surface area (TPSA) is 46.6 Å². The molecule has 1 aromatic carbocycles. The molecule has 1 saturated carbocycles. The molecule has 4 nitrogen and oxygen atoms in total. The molecule has 3 aliphatic rings. The van der Waals surface area contributed by atoms with Crippen molar-refractivity contribution in [2.75, 3.05) is 11.5 Å². The minimum atomic E-state index is -0.141. The second-order valence-corrected chi connectivity index (χ2v) is 6.71. The van der Waals surface area contributed by atoms with Crippen LogP contribution >= 0.6 is 0 Å². The van der Waals surface area contributed by atoms with Gasteiger partial charge in [0.2, 0.25) is 11.8 Å². The van der Waals surface area contributed by atoms with Crippen molar-refractivity contribution < 1.29 is 14.3 Å². The van der Waals surface area contributed by atoms with Crippen LogP contribution in [0.25, 0.3) is 0 Å². The molecule has 0 aromatic heterocycles. The molecule has 120 valence electrons. The number of carbonyl (C=O) groups excluding carboxylic acids is 2. The van der Waals surface area contributed by atoms with Crippen LogP contribution in [-0.2, 0) is 9.59 Å². The average Bonchev–Trinajstić information content (AvgIpc) is 3.23. The van der Waals surface area contributed by atoms with E-state index in [9.17, 15) is 9.59 Å². The Morgan fingerprint density at radius 3 is 2.22 bits per heavy atom. The van der Waals surface area contributed by atoms with E-state index < -0.39 is 0 Å². The molecule has 1 heterocycles. The number of carbonyl (C=O) groups is 2. The smallest absolute Gasteiger partial charge is 0.238 e. The molecule has 4 heteroatoms. The third-order valence-corrected chi connectivity index (χ3v) is 5.33. The summed E-state index contributed by atoms with van der Waals surface area (Å²) in [5.41, 5.74) is 0.664. The van der Waals surface area contributed by atoms with Crippen molar-refractivity contribution in [3.8, 4) is 5.75 Å². The summed E-state index contributed by atoms with van der Waals surface area (Å²) in [4.78, 5) is 26.8. The summed E-state index contributed by atoms with van der Waals surface area (Å²) in [6.07, 6.45) is 7.30. The van der Waals surface area contributed by atoms with Crippen LogP contribution in [0.1, 0.15) is 26.2 Å². The fraction of sp³-hybridized carbons (Fsp3) is 0.474. The van der Waals surface area contributed by atoms with Gasteiger partial charge in [0.15, 0.2) is 0 Å². The van der Waals surface area contributed by atoms with Crippen molar-refractivity contribution in [2.45, 2.75) is 26.2 Å². The quantitative estimate of drug-likeness (QED) is 0.477. The highest BCUT2D eigenvalue weighted by molar-refractivity contribution is 6.22. The number of hydrogen-bond donors (Lipinski definition) is 0. The lowest BCUT2D eigenvalue weighted by Crippen LogP contribution is -2.32. The standard InChI is InChI=1S/C19H21NO3/c1-2-3-10-23-15-8-6-14(7-9-15)20-18(21)16-12-4-5-13(11-12)17(16)19(20)22/h4-9,12-13,16-17H,2-3,10-11H2,1H3/t12-,13-,16+,17?/m0/s1. The van der Waals surface area contributed by atoms with Crippen LogP contribution in [0, 0.1) is 23.7 Å². The molecule has 2 fully saturated rings. The van der Waals surface area contributed by atoms with Gasteiger partial charge in [0.1, 0.15) is 5.75 Å². The molecule has 4 atom stereocenters. The maximum Gasteiger partial charge on any atom is 0.238 e. The Balaban J connectivity index is 1.52. The predicted molar refractivity (Wildman–Crippen MR) is 87.1 cm³/mol. The van der Waals surface area contributed by atoms with Crippen molar-refractivity contribution in [3.05, 3.63) is 36.4 Å². The maximum atomic E-state index is 12.7. The molecule has 0 radical (unpaired) electrons. The Bertz CT molecular complexity index is 634. The van der Waals surface area contributed by atoms with Gasteiger partial charge in [-0.05, 0) is 48.9 Å². The number of hydrogen-bond acceptors (Lipinski definition) is 3. The Hall–Kier alpha value is -2.10. The summed E-state index contributed by atoms with van der Waals surface area (Å²) in [5, 5.41) is 0. The van der Waals surface area contributed by atoms with Gasteiger partial charge in [-0.3, -0.25) is 14.5 Å². The highest BCUT2D eigenvalue weighted by Gasteiger charge is 2.59. The van der Waals surface area contributed by atoms with Crippen molar-refractivity contribution in [1.29, 1.82) is 0 Å². The first kappa shape index (κ1) is 14.5. The van der Waals surface area contributed by atoms with Crippen LogP contribution in [0.5, 0.6) is 5.75 Å². The number of ether oxygens (including phenoxy) is 1. The van der Waals surface area contributed by atoms with Crippen LogP contribution in [0.15, 0.2) is 36.4 Å². The second kappa shape index (κ2) is 5.52. The van der Waals surface area contributed by atoms with Crippen LogP contribution in [0.2, 0.25) is 0 Å². The molecule has 4 rings (SSSR count). The maximum absolute atomic E-state index is 12.7. The summed E-state index contributed by atoms with van der Waals surface area (Å²) in [7, 11) is 0. The van der Waals surface area contributed by atoms with E-state index in [1.807, 2.05) is 24.3 Å². The van der Waals surface area contributed by atoms with E-state index in [4.69, 9.17) is 4.74 Å². The SMILES string of the molecule is CCCCOc1ccc(N2C(=O)C3[C@H]4C=C[C@@H](C4)[C@H]3C2=O)cc1. The lowest BCUT2D eigenvalue weighted by Gasteiger charge is -2.17. The average molecular weight is 311 g/mol. The Morgan fingerprint density at radius 2 is 1.65 bits per heavy atom. The van der Waals surface area contributed by atoms with Crippen molar-refractivity contribution in [3.63, 3.8) is 0 Å². The number of fused-ring (bicyclic) bond motifs is 5. The van der Waals surface area contributed by atoms with Crippen molar-refractivity contribution in [2.24, 2.45) is 23.7 Å². The lowest BCUT2D eigenvalue weighted by atomic mass is 9.85. The molecule has 0 spiro atoms. The third-order valence-electron chi connectivity index (χ3n) is 5.33. The van der Waals surface area contributed by atoms with Gasteiger partial charge in [-0.2, -0.15) is 0 Å². The summed E-state index contributed by atoms with van der Waals surface area (Å²) in [5.74, 6) is 0.943. The van der Waals surface area contributed by atoms with Crippen molar-refractivity contribution in [1.82, 2.24) is 0 Å². The van der Waals surface area contributed by atoms with Gasteiger partial charge in [-0.15, -0.1) is 0 Å². The zero-order chi connectivity index (χ0) is 16.0. The molecule has 2 amide bonds. The molecule has 1 saturated heterocycles. The van der Waals surface area contributed by atoms with E-state index in [0.29, 0.717) is 12.3 Å². The van der Waals surface area contributed by atoms with Gasteiger partial charge >= 0.3 is 0 Å². The van der Waals surface area contributed by atoms with E-state index in [2.05, 4.69) is 19.1 Å². The Kier molecular flexibility index (Phi) is 3.47. The van der Waals surface area contributed by atoms with Crippen LogP contribution in [0.4, 0.5) is 5.69 Å². The highest BCUT2D eigenvalue weighted by atomic mass is 16.5. The molecule has 23 heavy (non-hydrogen) atoms. The van der Waals surface area contributed by atoms with E-state index in [0.717, 1.165) is 25.0 Å². The Morgan fingerprint density at radius 1 is 1.04 bits per heavy atom. The van der Waals surface area contributed by atoms with Gasteiger partial charge in [-0.25, -0.2) is 0 Å². The number of imide groups is 1. The van der Waals surface area contributed by atoms with Gasteiger partial charge in [0.05, 0.1) is 24.1 Å². The van der Waals surface area contributed by atoms with E-state index in [1.165, 1.54) is 4.90 Å². The fourth-order valence-electron chi connectivity index (χ4n) is 4.18. The molecule has 2 aliphatic carbocycles. The van der Waals surface area contributed by atoms with Gasteiger partial charge in [0, 0.05) is 0 Å². The van der Waals surface area contributed by atoms with E-state index in [1.54, 1.807) is 0 Å². The van der Waals surface area contributed by atoms with Crippen molar-refractivity contribution >= 4 is 17.5 Å². The molecular formula is C19H21NO3. The molecule has 1 aliphatic heterocycles. The monoisotopic (exact) mass is 311 g/mol. The second-order valence-electron chi connectivity index (χ2n) is 6.71. The predicted octanol–water partition coefficient (Wildman–Crippen LogP) is 3.18. The van der Waals surface area contributed by atoms with Crippen LogP contribution < -0.4 is 9.64 Å². The Labute approximate surface area is 136 Å². The first-order valence-electron chi connectivity index (χ1n) is 8.49. The molecule has 0 N–H and O–H groups in total. The molecule has 1 aromatic rings. The summed E-state index contributed by atoms with van der Waals surface area (Å²) in [6, 6.07) is 7.31. The largest absolute Gasteiger partial charge is 0.494 e. The first-order chi connectivity index (χ1) is 11.2. The highest BCUT2D eigenvalue weighted by Crippen LogP contribution is 2.53. The normalized spacial score (nSPS) is 31.1. The summed E-state index contributed by atoms with van der Waals surface area (Å²) in [6.45, 7) is 2.81. The third kappa shape index (κ3) is 2.19. The number of rotatable bonds is 5. The molecule has 1 unspecified atom stereocenters. The van der Waals surface area contributed by atoms with Crippen LogP contribution in [-0.4, -0.2) is 18.4 Å².